The van der Waals surface area contributed by atoms with Gasteiger partial charge in [0.1, 0.15) is 0 Å². The lowest BCUT2D eigenvalue weighted by Crippen LogP contribution is -2.27. The molecule has 1 fully saturated rings. The Kier molecular flexibility index (Phi) is 4.33. The van der Waals surface area contributed by atoms with Crippen molar-refractivity contribution < 1.29 is 4.74 Å². The summed E-state index contributed by atoms with van der Waals surface area (Å²) in [6, 6.07) is 0. The summed E-state index contributed by atoms with van der Waals surface area (Å²) in [4.78, 5) is 0. The average Bonchev–Trinajstić information content (AvgIpc) is 2.46. The third kappa shape index (κ3) is 2.95. The van der Waals surface area contributed by atoms with Crippen molar-refractivity contribution in [2.24, 2.45) is 5.92 Å². The highest BCUT2D eigenvalue weighted by Crippen LogP contribution is 2.18. The lowest BCUT2D eigenvalue weighted by atomic mass is 10.0. The van der Waals surface area contributed by atoms with Crippen molar-refractivity contribution in [3.63, 3.8) is 0 Å². The predicted molar refractivity (Wildman–Crippen MR) is 51.2 cm³/mol. The standard InChI is InChI=1S/C10H19NO/c1-3-4-6-11-8-10-5-7-12-9(10)2/h3,9-11H,1,4-8H2,2H3. The van der Waals surface area contributed by atoms with Gasteiger partial charge in [-0.3, -0.25) is 0 Å². The Morgan fingerprint density at radius 3 is 3.08 bits per heavy atom. The van der Waals surface area contributed by atoms with E-state index in [0.717, 1.165) is 32.0 Å². The number of hydrogen-bond acceptors (Lipinski definition) is 2. The first-order valence-electron chi connectivity index (χ1n) is 4.78. The molecular formula is C10H19NO. The summed E-state index contributed by atoms with van der Waals surface area (Å²) in [5, 5.41) is 3.41. The molecule has 0 aromatic rings. The van der Waals surface area contributed by atoms with E-state index in [2.05, 4.69) is 18.8 Å². The van der Waals surface area contributed by atoms with Gasteiger partial charge in [0.2, 0.25) is 0 Å². The van der Waals surface area contributed by atoms with E-state index in [4.69, 9.17) is 4.74 Å². The summed E-state index contributed by atoms with van der Waals surface area (Å²) >= 11 is 0. The van der Waals surface area contributed by atoms with Crippen LogP contribution >= 0.6 is 0 Å². The van der Waals surface area contributed by atoms with Gasteiger partial charge in [-0.25, -0.2) is 0 Å². The Hall–Kier alpha value is -0.340. The van der Waals surface area contributed by atoms with Gasteiger partial charge in [-0.2, -0.15) is 0 Å². The maximum absolute atomic E-state index is 5.46. The summed E-state index contributed by atoms with van der Waals surface area (Å²) in [5.74, 6) is 0.717. The summed E-state index contributed by atoms with van der Waals surface area (Å²) in [6.07, 6.45) is 4.66. The Morgan fingerprint density at radius 2 is 2.50 bits per heavy atom. The highest BCUT2D eigenvalue weighted by molar-refractivity contribution is 4.75. The van der Waals surface area contributed by atoms with Crippen LogP contribution < -0.4 is 5.32 Å². The third-order valence-corrected chi connectivity index (χ3v) is 2.47. The first kappa shape index (κ1) is 9.75. The molecular weight excluding hydrogens is 150 g/mol. The quantitative estimate of drug-likeness (QED) is 0.498. The molecule has 1 rings (SSSR count). The summed E-state index contributed by atoms with van der Waals surface area (Å²) in [6.45, 7) is 8.92. The molecule has 0 spiro atoms. The molecule has 0 aliphatic carbocycles. The molecule has 1 aliphatic heterocycles. The second-order valence-corrected chi connectivity index (χ2v) is 3.41. The van der Waals surface area contributed by atoms with Crippen molar-refractivity contribution in [1.29, 1.82) is 0 Å². The topological polar surface area (TPSA) is 21.3 Å². The van der Waals surface area contributed by atoms with Crippen LogP contribution in [-0.4, -0.2) is 25.8 Å². The molecule has 2 atom stereocenters. The maximum Gasteiger partial charge on any atom is 0.0588 e. The second-order valence-electron chi connectivity index (χ2n) is 3.41. The van der Waals surface area contributed by atoms with Gasteiger partial charge in [0.25, 0.3) is 0 Å². The number of nitrogens with one attached hydrogen (secondary N) is 1. The molecule has 0 aromatic carbocycles. The molecule has 0 radical (unpaired) electrons. The number of rotatable bonds is 5. The van der Waals surface area contributed by atoms with E-state index in [1.807, 2.05) is 6.08 Å². The van der Waals surface area contributed by atoms with Gasteiger partial charge >= 0.3 is 0 Å². The van der Waals surface area contributed by atoms with Crippen LogP contribution in [0.15, 0.2) is 12.7 Å². The maximum atomic E-state index is 5.46. The largest absolute Gasteiger partial charge is 0.378 e. The zero-order valence-corrected chi connectivity index (χ0v) is 7.88. The Labute approximate surface area is 75.0 Å². The molecule has 0 bridgehead atoms. The van der Waals surface area contributed by atoms with Crippen molar-refractivity contribution in [1.82, 2.24) is 5.32 Å². The van der Waals surface area contributed by atoms with E-state index in [0.29, 0.717) is 6.10 Å². The minimum absolute atomic E-state index is 0.446. The van der Waals surface area contributed by atoms with Gasteiger partial charge in [0.15, 0.2) is 0 Å². The van der Waals surface area contributed by atoms with Crippen LogP contribution in [0.1, 0.15) is 19.8 Å². The van der Waals surface area contributed by atoms with Crippen LogP contribution in [-0.2, 0) is 4.74 Å². The van der Waals surface area contributed by atoms with Gasteiger partial charge < -0.3 is 10.1 Å². The summed E-state index contributed by atoms with van der Waals surface area (Å²) < 4.78 is 5.46. The Morgan fingerprint density at radius 1 is 1.67 bits per heavy atom. The summed E-state index contributed by atoms with van der Waals surface area (Å²) in [7, 11) is 0. The zero-order chi connectivity index (χ0) is 8.81. The van der Waals surface area contributed by atoms with Crippen LogP contribution in [0.5, 0.6) is 0 Å². The molecule has 0 saturated carbocycles. The lowest BCUT2D eigenvalue weighted by molar-refractivity contribution is 0.105. The molecule has 1 aliphatic rings. The predicted octanol–water partition coefficient (Wildman–Crippen LogP) is 1.58. The van der Waals surface area contributed by atoms with Crippen LogP contribution in [0.2, 0.25) is 0 Å². The number of hydrogen-bond donors (Lipinski definition) is 1. The number of ether oxygens (including phenoxy) is 1. The highest BCUT2D eigenvalue weighted by Gasteiger charge is 2.23. The highest BCUT2D eigenvalue weighted by atomic mass is 16.5. The van der Waals surface area contributed by atoms with E-state index in [9.17, 15) is 0 Å². The van der Waals surface area contributed by atoms with Gasteiger partial charge in [0.05, 0.1) is 6.10 Å². The van der Waals surface area contributed by atoms with E-state index >= 15 is 0 Å². The smallest absolute Gasteiger partial charge is 0.0588 e. The molecule has 1 N–H and O–H groups in total. The fraction of sp³-hybridized carbons (Fsp3) is 0.800. The zero-order valence-electron chi connectivity index (χ0n) is 7.88. The fourth-order valence-corrected chi connectivity index (χ4v) is 1.54. The minimum Gasteiger partial charge on any atom is -0.378 e. The fourth-order valence-electron chi connectivity index (χ4n) is 1.54. The van der Waals surface area contributed by atoms with Crippen LogP contribution in [0.4, 0.5) is 0 Å². The minimum atomic E-state index is 0.446. The Balaban J connectivity index is 2.02. The van der Waals surface area contributed by atoms with Crippen molar-refractivity contribution >= 4 is 0 Å². The second kappa shape index (κ2) is 5.33. The normalized spacial score (nSPS) is 29.1. The monoisotopic (exact) mass is 169 g/mol. The molecule has 70 valence electrons. The molecule has 2 nitrogen and oxygen atoms in total. The third-order valence-electron chi connectivity index (χ3n) is 2.47. The van der Waals surface area contributed by atoms with Crippen LogP contribution in [0.25, 0.3) is 0 Å². The van der Waals surface area contributed by atoms with E-state index in [-0.39, 0.29) is 0 Å². The van der Waals surface area contributed by atoms with E-state index in [1.165, 1.54) is 6.42 Å². The summed E-state index contributed by atoms with van der Waals surface area (Å²) in [5.41, 5.74) is 0. The van der Waals surface area contributed by atoms with Gasteiger partial charge in [-0.15, -0.1) is 6.58 Å². The van der Waals surface area contributed by atoms with Crippen LogP contribution in [0.3, 0.4) is 0 Å². The van der Waals surface area contributed by atoms with E-state index < -0.39 is 0 Å². The molecule has 12 heavy (non-hydrogen) atoms. The van der Waals surface area contributed by atoms with Crippen molar-refractivity contribution in [3.05, 3.63) is 12.7 Å². The van der Waals surface area contributed by atoms with Crippen molar-refractivity contribution in [2.75, 3.05) is 19.7 Å². The Bertz CT molecular complexity index is 136. The lowest BCUT2D eigenvalue weighted by Gasteiger charge is -2.13. The first-order valence-corrected chi connectivity index (χ1v) is 4.78. The molecule has 1 saturated heterocycles. The van der Waals surface area contributed by atoms with Gasteiger partial charge in [-0.05, 0) is 32.2 Å². The molecule has 1 heterocycles. The average molecular weight is 169 g/mol. The molecule has 2 unspecified atom stereocenters. The molecule has 0 aromatic heterocycles. The molecule has 2 heteroatoms. The first-order chi connectivity index (χ1) is 5.84. The SMILES string of the molecule is C=CCCNCC1CCOC1C. The van der Waals surface area contributed by atoms with Crippen molar-refractivity contribution in [3.8, 4) is 0 Å². The van der Waals surface area contributed by atoms with Crippen molar-refractivity contribution in [2.45, 2.75) is 25.9 Å². The van der Waals surface area contributed by atoms with Crippen LogP contribution in [0, 0.1) is 5.92 Å². The van der Waals surface area contributed by atoms with E-state index in [1.54, 1.807) is 0 Å². The van der Waals surface area contributed by atoms with Gasteiger partial charge in [-0.1, -0.05) is 6.08 Å². The molecule has 0 amide bonds. The van der Waals surface area contributed by atoms with Gasteiger partial charge in [0, 0.05) is 13.2 Å².